The normalized spacial score (nSPS) is 10.9. The number of hydrogen-bond acceptors (Lipinski definition) is 4. The van der Waals surface area contributed by atoms with Gasteiger partial charge in [0.15, 0.2) is 0 Å². The van der Waals surface area contributed by atoms with Crippen molar-refractivity contribution in [2.24, 2.45) is 0 Å². The Hall–Kier alpha value is -3.32. The molecular weight excluding hydrogens is 396 g/mol. The average Bonchev–Trinajstić information content (AvgIpc) is 3.11. The van der Waals surface area contributed by atoms with E-state index in [9.17, 15) is 18.4 Å². The number of amides is 1. The summed E-state index contributed by atoms with van der Waals surface area (Å²) in [6.45, 7) is 1.84. The van der Waals surface area contributed by atoms with Crippen molar-refractivity contribution in [2.75, 3.05) is 11.9 Å². The Balaban J connectivity index is 1.88. The highest BCUT2D eigenvalue weighted by Gasteiger charge is 2.22. The van der Waals surface area contributed by atoms with E-state index in [4.69, 9.17) is 4.74 Å². The zero-order valence-corrected chi connectivity index (χ0v) is 16.3. The van der Waals surface area contributed by atoms with Crippen molar-refractivity contribution in [3.05, 3.63) is 82.7 Å². The molecule has 0 aliphatic rings. The molecule has 0 bridgehead atoms. The fraction of sp³-hybridized carbons (Fsp3) is 0.0909. The molecule has 29 heavy (non-hydrogen) atoms. The summed E-state index contributed by atoms with van der Waals surface area (Å²) >= 11 is 1.15. The minimum Gasteiger partial charge on any atom is -0.462 e. The Morgan fingerprint density at radius 3 is 2.52 bits per heavy atom. The van der Waals surface area contributed by atoms with Crippen molar-refractivity contribution in [3.8, 4) is 11.1 Å². The van der Waals surface area contributed by atoms with Gasteiger partial charge in [0.05, 0.1) is 6.61 Å². The number of ether oxygens (including phenoxy) is 1. The molecule has 0 spiro atoms. The standard InChI is InChI=1S/C22H17F2NO3S/c1-2-28-22(27)20-17(14-7-10-16(23)11-8-14)13-29-21(20)25-19(26)12-9-15-5-3-4-6-18(15)24/h3-13H,2H2,1H3,(H,25,26). The summed E-state index contributed by atoms with van der Waals surface area (Å²) in [6, 6.07) is 11.7. The molecule has 0 atom stereocenters. The van der Waals surface area contributed by atoms with Crippen molar-refractivity contribution in [3.63, 3.8) is 0 Å². The van der Waals surface area contributed by atoms with Gasteiger partial charge in [0.1, 0.15) is 22.2 Å². The lowest BCUT2D eigenvalue weighted by Crippen LogP contribution is -2.12. The lowest BCUT2D eigenvalue weighted by molar-refractivity contribution is -0.111. The summed E-state index contributed by atoms with van der Waals surface area (Å²) in [5, 5.41) is 4.62. The van der Waals surface area contributed by atoms with Crippen LogP contribution in [0.3, 0.4) is 0 Å². The Labute approximate surface area is 170 Å². The second-order valence-corrected chi connectivity index (χ2v) is 6.80. The van der Waals surface area contributed by atoms with E-state index in [1.54, 1.807) is 42.6 Å². The fourth-order valence-corrected chi connectivity index (χ4v) is 3.59. The summed E-state index contributed by atoms with van der Waals surface area (Å²) < 4.78 is 32.0. The molecule has 3 rings (SSSR count). The number of anilines is 1. The molecule has 0 aliphatic carbocycles. The molecule has 0 saturated heterocycles. The van der Waals surface area contributed by atoms with Gasteiger partial charge in [-0.15, -0.1) is 11.3 Å². The van der Waals surface area contributed by atoms with Crippen molar-refractivity contribution in [1.82, 2.24) is 0 Å². The minimum atomic E-state index is -0.596. The van der Waals surface area contributed by atoms with Crippen molar-refractivity contribution in [2.45, 2.75) is 6.92 Å². The summed E-state index contributed by atoms with van der Waals surface area (Å²) in [5.74, 6) is -1.96. The van der Waals surface area contributed by atoms with E-state index >= 15 is 0 Å². The predicted octanol–water partition coefficient (Wildman–Crippen LogP) is 5.52. The molecule has 3 aromatic rings. The number of esters is 1. The number of rotatable bonds is 6. The van der Waals surface area contributed by atoms with Crippen LogP contribution >= 0.6 is 11.3 Å². The molecule has 0 radical (unpaired) electrons. The van der Waals surface area contributed by atoms with Crippen LogP contribution in [-0.2, 0) is 9.53 Å². The van der Waals surface area contributed by atoms with E-state index in [-0.39, 0.29) is 17.7 Å². The number of benzene rings is 2. The van der Waals surface area contributed by atoms with Crippen molar-refractivity contribution in [1.29, 1.82) is 0 Å². The van der Waals surface area contributed by atoms with Gasteiger partial charge >= 0.3 is 5.97 Å². The van der Waals surface area contributed by atoms with Crippen LogP contribution in [0.2, 0.25) is 0 Å². The van der Waals surface area contributed by atoms with Crippen LogP contribution < -0.4 is 5.32 Å². The number of thiophene rings is 1. The highest BCUT2D eigenvalue weighted by molar-refractivity contribution is 7.15. The first-order valence-corrected chi connectivity index (χ1v) is 9.65. The molecular formula is C22H17F2NO3S. The molecule has 7 heteroatoms. The molecule has 1 amide bonds. The maximum Gasteiger partial charge on any atom is 0.341 e. The third kappa shape index (κ3) is 4.94. The molecule has 1 aromatic heterocycles. The zero-order chi connectivity index (χ0) is 20.8. The topological polar surface area (TPSA) is 55.4 Å². The van der Waals surface area contributed by atoms with Gasteiger partial charge in [0.2, 0.25) is 5.91 Å². The average molecular weight is 413 g/mol. The number of halogens is 2. The van der Waals surface area contributed by atoms with E-state index in [2.05, 4.69) is 5.32 Å². The zero-order valence-electron chi connectivity index (χ0n) is 15.4. The fourth-order valence-electron chi connectivity index (χ4n) is 2.63. The van der Waals surface area contributed by atoms with Crippen LogP contribution in [0.1, 0.15) is 22.8 Å². The molecule has 0 saturated carbocycles. The van der Waals surface area contributed by atoms with Gasteiger partial charge in [-0.3, -0.25) is 4.79 Å². The van der Waals surface area contributed by atoms with E-state index in [1.165, 1.54) is 30.4 Å². The largest absolute Gasteiger partial charge is 0.462 e. The van der Waals surface area contributed by atoms with Gasteiger partial charge in [-0.05, 0) is 36.8 Å². The lowest BCUT2D eigenvalue weighted by atomic mass is 10.0. The molecule has 0 unspecified atom stereocenters. The minimum absolute atomic E-state index is 0.165. The lowest BCUT2D eigenvalue weighted by Gasteiger charge is -2.08. The molecule has 0 aliphatic heterocycles. The van der Waals surface area contributed by atoms with Crippen LogP contribution in [-0.4, -0.2) is 18.5 Å². The Morgan fingerprint density at radius 2 is 1.83 bits per heavy atom. The van der Waals surface area contributed by atoms with Gasteiger partial charge in [-0.2, -0.15) is 0 Å². The van der Waals surface area contributed by atoms with Crippen LogP contribution in [0.4, 0.5) is 13.8 Å². The number of nitrogens with one attached hydrogen (secondary N) is 1. The highest BCUT2D eigenvalue weighted by Crippen LogP contribution is 2.36. The summed E-state index contributed by atoms with van der Waals surface area (Å²) in [5.41, 5.74) is 1.61. The second kappa shape index (κ2) is 9.25. The summed E-state index contributed by atoms with van der Waals surface area (Å²) in [6.07, 6.45) is 2.54. The molecule has 2 aromatic carbocycles. The van der Waals surface area contributed by atoms with Crippen LogP contribution in [0, 0.1) is 11.6 Å². The van der Waals surface area contributed by atoms with Crippen molar-refractivity contribution < 1.29 is 23.1 Å². The van der Waals surface area contributed by atoms with E-state index < -0.39 is 23.5 Å². The molecule has 1 N–H and O–H groups in total. The van der Waals surface area contributed by atoms with Crippen LogP contribution in [0.15, 0.2) is 60.0 Å². The van der Waals surface area contributed by atoms with Gasteiger partial charge in [0, 0.05) is 22.6 Å². The number of carbonyl (C=O) groups is 2. The van der Waals surface area contributed by atoms with Crippen LogP contribution in [0.25, 0.3) is 17.2 Å². The monoisotopic (exact) mass is 413 g/mol. The van der Waals surface area contributed by atoms with Gasteiger partial charge < -0.3 is 10.1 Å². The molecule has 1 heterocycles. The molecule has 0 fully saturated rings. The first-order chi connectivity index (χ1) is 14.0. The third-order valence-electron chi connectivity index (χ3n) is 3.98. The quantitative estimate of drug-likeness (QED) is 0.428. The maximum atomic E-state index is 13.7. The molecule has 148 valence electrons. The highest BCUT2D eigenvalue weighted by atomic mass is 32.1. The van der Waals surface area contributed by atoms with Crippen molar-refractivity contribution >= 4 is 34.3 Å². The first-order valence-electron chi connectivity index (χ1n) is 8.77. The Morgan fingerprint density at radius 1 is 1.10 bits per heavy atom. The number of hydrogen-bond donors (Lipinski definition) is 1. The second-order valence-electron chi connectivity index (χ2n) is 5.92. The SMILES string of the molecule is CCOC(=O)c1c(-c2ccc(F)cc2)csc1NC(=O)C=Cc1ccccc1F. The smallest absolute Gasteiger partial charge is 0.341 e. The van der Waals surface area contributed by atoms with Crippen LogP contribution in [0.5, 0.6) is 0 Å². The van der Waals surface area contributed by atoms with Gasteiger partial charge in [-0.1, -0.05) is 30.3 Å². The third-order valence-corrected chi connectivity index (χ3v) is 4.88. The first kappa shape index (κ1) is 20.4. The van der Waals surface area contributed by atoms with Gasteiger partial charge in [0.25, 0.3) is 0 Å². The van der Waals surface area contributed by atoms with E-state index in [0.29, 0.717) is 16.1 Å². The Kier molecular flexibility index (Phi) is 6.51. The number of carbonyl (C=O) groups excluding carboxylic acids is 2. The summed E-state index contributed by atoms with van der Waals surface area (Å²) in [7, 11) is 0. The predicted molar refractivity (Wildman–Crippen MR) is 110 cm³/mol. The molecule has 4 nitrogen and oxygen atoms in total. The van der Waals surface area contributed by atoms with Gasteiger partial charge in [-0.25, -0.2) is 13.6 Å². The summed E-state index contributed by atoms with van der Waals surface area (Å²) in [4.78, 5) is 24.8. The maximum absolute atomic E-state index is 13.7. The van der Waals surface area contributed by atoms with E-state index in [1.807, 2.05) is 0 Å². The Bertz CT molecular complexity index is 1060. The van der Waals surface area contributed by atoms with E-state index in [0.717, 1.165) is 11.3 Å².